The third kappa shape index (κ3) is 3.20. The minimum atomic E-state index is 0.0697. The lowest BCUT2D eigenvalue weighted by Crippen LogP contribution is -2.07. The molecule has 0 saturated carbocycles. The monoisotopic (exact) mass is 374 g/mol. The molecule has 0 unspecified atom stereocenters. The SMILES string of the molecule is COc1cc(-c2nc3ccc(C)cc3[nH]2)cc(Br)c1OC(C)C. The van der Waals surface area contributed by atoms with Crippen LogP contribution in [0.4, 0.5) is 0 Å². The number of fused-ring (bicyclic) bond motifs is 1. The molecule has 0 bridgehead atoms. The third-order valence-corrected chi connectivity index (χ3v) is 4.08. The van der Waals surface area contributed by atoms with E-state index in [4.69, 9.17) is 9.47 Å². The molecule has 0 aliphatic rings. The molecule has 1 heterocycles. The third-order valence-electron chi connectivity index (χ3n) is 3.49. The highest BCUT2D eigenvalue weighted by molar-refractivity contribution is 9.10. The van der Waals surface area contributed by atoms with Crippen LogP contribution in [0.15, 0.2) is 34.8 Å². The summed E-state index contributed by atoms with van der Waals surface area (Å²) in [5.41, 5.74) is 4.12. The molecule has 4 nitrogen and oxygen atoms in total. The van der Waals surface area contributed by atoms with E-state index < -0.39 is 0 Å². The molecule has 1 aromatic heterocycles. The first kappa shape index (κ1) is 15.9. The first-order valence-corrected chi connectivity index (χ1v) is 8.28. The fraction of sp³-hybridized carbons (Fsp3) is 0.278. The quantitative estimate of drug-likeness (QED) is 0.691. The average molecular weight is 375 g/mol. The zero-order valence-electron chi connectivity index (χ0n) is 13.6. The Labute approximate surface area is 144 Å². The van der Waals surface area contributed by atoms with Gasteiger partial charge in [-0.25, -0.2) is 4.98 Å². The number of aromatic amines is 1. The van der Waals surface area contributed by atoms with E-state index in [0.29, 0.717) is 11.5 Å². The van der Waals surface area contributed by atoms with Gasteiger partial charge in [0.05, 0.1) is 28.7 Å². The first-order valence-electron chi connectivity index (χ1n) is 7.49. The van der Waals surface area contributed by atoms with Crippen molar-refractivity contribution in [2.75, 3.05) is 7.11 Å². The number of nitrogens with zero attached hydrogens (tertiary/aromatic N) is 1. The van der Waals surface area contributed by atoms with Crippen LogP contribution < -0.4 is 9.47 Å². The summed E-state index contributed by atoms with van der Waals surface area (Å²) in [7, 11) is 1.64. The van der Waals surface area contributed by atoms with Crippen molar-refractivity contribution in [3.63, 3.8) is 0 Å². The Bertz CT molecular complexity index is 856. The zero-order chi connectivity index (χ0) is 16.6. The Morgan fingerprint density at radius 1 is 1.17 bits per heavy atom. The molecular weight excluding hydrogens is 356 g/mol. The number of hydrogen-bond acceptors (Lipinski definition) is 3. The van der Waals surface area contributed by atoms with Gasteiger partial charge in [-0.3, -0.25) is 0 Å². The number of H-pyrrole nitrogens is 1. The van der Waals surface area contributed by atoms with Crippen LogP contribution in [0.5, 0.6) is 11.5 Å². The lowest BCUT2D eigenvalue weighted by Gasteiger charge is -2.16. The lowest BCUT2D eigenvalue weighted by atomic mass is 10.2. The molecule has 0 radical (unpaired) electrons. The summed E-state index contributed by atoms with van der Waals surface area (Å²) in [6.45, 7) is 6.04. The Hall–Kier alpha value is -2.01. The lowest BCUT2D eigenvalue weighted by molar-refractivity contribution is 0.228. The fourth-order valence-corrected chi connectivity index (χ4v) is 3.00. The number of nitrogens with one attached hydrogen (secondary N) is 1. The van der Waals surface area contributed by atoms with Gasteiger partial charge in [-0.2, -0.15) is 0 Å². The topological polar surface area (TPSA) is 47.1 Å². The molecule has 120 valence electrons. The van der Waals surface area contributed by atoms with E-state index in [0.717, 1.165) is 26.9 Å². The van der Waals surface area contributed by atoms with Crippen molar-refractivity contribution in [3.8, 4) is 22.9 Å². The van der Waals surface area contributed by atoms with Crippen molar-refractivity contribution in [2.24, 2.45) is 0 Å². The second kappa shape index (κ2) is 6.24. The minimum absolute atomic E-state index is 0.0697. The van der Waals surface area contributed by atoms with E-state index in [1.165, 1.54) is 5.56 Å². The molecule has 0 fully saturated rings. The van der Waals surface area contributed by atoms with E-state index in [2.05, 4.69) is 45.0 Å². The number of methoxy groups -OCH3 is 1. The first-order chi connectivity index (χ1) is 11.0. The molecular formula is C18H19BrN2O2. The van der Waals surface area contributed by atoms with Crippen molar-refractivity contribution in [1.82, 2.24) is 9.97 Å². The Morgan fingerprint density at radius 2 is 1.96 bits per heavy atom. The molecule has 0 spiro atoms. The number of hydrogen-bond donors (Lipinski definition) is 1. The van der Waals surface area contributed by atoms with Gasteiger partial charge in [-0.15, -0.1) is 0 Å². The molecule has 23 heavy (non-hydrogen) atoms. The summed E-state index contributed by atoms with van der Waals surface area (Å²) in [6, 6.07) is 10.1. The molecule has 0 saturated heterocycles. The second-order valence-corrected chi connectivity index (χ2v) is 6.62. The number of benzene rings is 2. The van der Waals surface area contributed by atoms with E-state index in [-0.39, 0.29) is 6.10 Å². The maximum atomic E-state index is 5.83. The van der Waals surface area contributed by atoms with Gasteiger partial charge in [0.1, 0.15) is 5.82 Å². The highest BCUT2D eigenvalue weighted by atomic mass is 79.9. The van der Waals surface area contributed by atoms with Crippen LogP contribution in [0.25, 0.3) is 22.4 Å². The highest BCUT2D eigenvalue weighted by Crippen LogP contribution is 2.40. The number of halogens is 1. The number of aromatic nitrogens is 2. The molecule has 3 aromatic rings. The summed E-state index contributed by atoms with van der Waals surface area (Å²) >= 11 is 3.57. The van der Waals surface area contributed by atoms with Gasteiger partial charge in [0.2, 0.25) is 0 Å². The standard InChI is InChI=1S/C18H19BrN2O2/c1-10(2)23-17-13(19)8-12(9-16(17)22-4)18-20-14-6-5-11(3)7-15(14)21-18/h5-10H,1-4H3,(H,20,21). The summed E-state index contributed by atoms with van der Waals surface area (Å²) < 4.78 is 12.2. The predicted octanol–water partition coefficient (Wildman–Crippen LogP) is 5.10. The molecule has 3 rings (SSSR count). The van der Waals surface area contributed by atoms with Crippen LogP contribution in [0.1, 0.15) is 19.4 Å². The summed E-state index contributed by atoms with van der Waals surface area (Å²) in [5.74, 6) is 2.19. The maximum Gasteiger partial charge on any atom is 0.175 e. The van der Waals surface area contributed by atoms with E-state index >= 15 is 0 Å². The van der Waals surface area contributed by atoms with Gasteiger partial charge in [0.15, 0.2) is 11.5 Å². The van der Waals surface area contributed by atoms with Gasteiger partial charge in [0, 0.05) is 5.56 Å². The van der Waals surface area contributed by atoms with Gasteiger partial charge in [-0.1, -0.05) is 6.07 Å². The minimum Gasteiger partial charge on any atom is -0.493 e. The summed E-state index contributed by atoms with van der Waals surface area (Å²) in [6.07, 6.45) is 0.0697. The number of aryl methyl sites for hydroxylation is 1. The molecule has 0 aliphatic carbocycles. The normalized spacial score (nSPS) is 11.2. The smallest absolute Gasteiger partial charge is 0.175 e. The van der Waals surface area contributed by atoms with Gasteiger partial charge >= 0.3 is 0 Å². The van der Waals surface area contributed by atoms with Crippen LogP contribution in [-0.2, 0) is 0 Å². The number of rotatable bonds is 4. The predicted molar refractivity (Wildman–Crippen MR) is 96.3 cm³/mol. The van der Waals surface area contributed by atoms with Crippen molar-refractivity contribution in [2.45, 2.75) is 26.9 Å². The largest absolute Gasteiger partial charge is 0.493 e. The van der Waals surface area contributed by atoms with Gasteiger partial charge < -0.3 is 14.5 Å². The molecule has 0 atom stereocenters. The van der Waals surface area contributed by atoms with Crippen molar-refractivity contribution < 1.29 is 9.47 Å². The van der Waals surface area contributed by atoms with E-state index in [1.54, 1.807) is 7.11 Å². The Kier molecular flexibility index (Phi) is 4.31. The van der Waals surface area contributed by atoms with E-state index in [9.17, 15) is 0 Å². The second-order valence-electron chi connectivity index (χ2n) is 5.76. The van der Waals surface area contributed by atoms with Crippen LogP contribution in [0, 0.1) is 6.92 Å². The maximum absolute atomic E-state index is 5.83. The molecule has 2 aromatic carbocycles. The van der Waals surface area contributed by atoms with Crippen LogP contribution in [0.3, 0.4) is 0 Å². The summed E-state index contributed by atoms with van der Waals surface area (Å²) in [5, 5.41) is 0. The van der Waals surface area contributed by atoms with E-state index in [1.807, 2.05) is 32.0 Å². The average Bonchev–Trinajstić information content (AvgIpc) is 2.91. The zero-order valence-corrected chi connectivity index (χ0v) is 15.2. The molecule has 1 N–H and O–H groups in total. The van der Waals surface area contributed by atoms with Gasteiger partial charge in [0.25, 0.3) is 0 Å². The highest BCUT2D eigenvalue weighted by Gasteiger charge is 2.15. The van der Waals surface area contributed by atoms with Crippen LogP contribution in [0.2, 0.25) is 0 Å². The van der Waals surface area contributed by atoms with Crippen LogP contribution >= 0.6 is 15.9 Å². The Balaban J connectivity index is 2.09. The fourth-order valence-electron chi connectivity index (χ4n) is 2.47. The molecule has 0 aliphatic heterocycles. The Morgan fingerprint density at radius 3 is 2.65 bits per heavy atom. The molecule has 5 heteroatoms. The summed E-state index contributed by atoms with van der Waals surface area (Å²) in [4.78, 5) is 8.02. The van der Waals surface area contributed by atoms with Crippen molar-refractivity contribution >= 4 is 27.0 Å². The van der Waals surface area contributed by atoms with Crippen molar-refractivity contribution in [1.29, 1.82) is 0 Å². The number of imidazole rings is 1. The van der Waals surface area contributed by atoms with Crippen molar-refractivity contribution in [3.05, 3.63) is 40.4 Å². The number of ether oxygens (including phenoxy) is 2. The van der Waals surface area contributed by atoms with Gasteiger partial charge in [-0.05, 0) is 66.5 Å². The van der Waals surface area contributed by atoms with Crippen LogP contribution in [-0.4, -0.2) is 23.2 Å². The molecule has 0 amide bonds.